The van der Waals surface area contributed by atoms with Gasteiger partial charge >= 0.3 is 11.7 Å². The lowest BCUT2D eigenvalue weighted by Gasteiger charge is -2.19. The van der Waals surface area contributed by atoms with Crippen LogP contribution in [-0.4, -0.2) is 55.5 Å². The second-order valence-electron chi connectivity index (χ2n) is 9.21. The predicted octanol–water partition coefficient (Wildman–Crippen LogP) is 0.621. The van der Waals surface area contributed by atoms with Gasteiger partial charge in [0.05, 0.1) is 6.54 Å². The summed E-state index contributed by atoms with van der Waals surface area (Å²) in [4.78, 5) is 65.2. The van der Waals surface area contributed by atoms with Gasteiger partial charge in [-0.15, -0.1) is 0 Å². The monoisotopic (exact) mass is 579 g/mol. The van der Waals surface area contributed by atoms with E-state index in [1.807, 2.05) is 6.07 Å². The predicted molar refractivity (Wildman–Crippen MR) is 155 cm³/mol. The molecule has 1 atom stereocenters. The molecule has 0 spiro atoms. The Hall–Kier alpha value is -5.40. The van der Waals surface area contributed by atoms with Crippen molar-refractivity contribution in [3.8, 4) is 0 Å². The summed E-state index contributed by atoms with van der Waals surface area (Å²) in [6, 6.07) is 14.2. The van der Waals surface area contributed by atoms with Crippen LogP contribution >= 0.6 is 0 Å². The minimum atomic E-state index is -1.00. The second-order valence-corrected chi connectivity index (χ2v) is 9.21. The maximum Gasteiger partial charge on any atom is 0.407 e. The molecule has 0 aliphatic rings. The fourth-order valence-corrected chi connectivity index (χ4v) is 3.82. The average molecular weight is 580 g/mol. The number of fused-ring (bicyclic) bond motifs is 1. The number of amides is 4. The Morgan fingerprint density at radius 3 is 2.45 bits per heavy atom. The van der Waals surface area contributed by atoms with Crippen LogP contribution in [0.1, 0.15) is 24.0 Å². The molecule has 3 aromatic rings. The van der Waals surface area contributed by atoms with Gasteiger partial charge in [-0.1, -0.05) is 30.3 Å². The van der Waals surface area contributed by atoms with Crippen LogP contribution < -0.4 is 38.4 Å². The largest absolute Gasteiger partial charge is 0.445 e. The normalized spacial score (nSPS) is 11.2. The molecule has 0 saturated heterocycles. The van der Waals surface area contributed by atoms with E-state index in [4.69, 9.17) is 20.6 Å². The maximum absolute atomic E-state index is 13.1. The van der Waals surface area contributed by atoms with Gasteiger partial charge in [0, 0.05) is 29.8 Å². The summed E-state index contributed by atoms with van der Waals surface area (Å²) in [6.07, 6.45) is -0.249. The zero-order valence-corrected chi connectivity index (χ0v) is 23.0. The number of benzene rings is 2. The summed E-state index contributed by atoms with van der Waals surface area (Å²) in [6.45, 7) is 1.17. The Kier molecular flexibility index (Phi) is 11.4. The zero-order valence-electron chi connectivity index (χ0n) is 23.0. The number of aliphatic imine (C=N–C) groups is 1. The molecule has 4 amide bonds. The van der Waals surface area contributed by atoms with Crippen molar-refractivity contribution in [2.45, 2.75) is 32.4 Å². The molecule has 14 heteroatoms. The minimum absolute atomic E-state index is 0.0383. The highest BCUT2D eigenvalue weighted by Crippen LogP contribution is 2.21. The maximum atomic E-state index is 13.1. The van der Waals surface area contributed by atoms with Gasteiger partial charge in [-0.2, -0.15) is 0 Å². The molecule has 0 radical (unpaired) electrons. The molecular formula is C28H33N7O7. The van der Waals surface area contributed by atoms with Crippen molar-refractivity contribution >= 4 is 46.4 Å². The molecule has 8 N–H and O–H groups in total. The number of nitrogens with one attached hydrogen (secondary N) is 4. The second kappa shape index (κ2) is 15.4. The van der Waals surface area contributed by atoms with Crippen LogP contribution in [0.25, 0.3) is 11.0 Å². The molecule has 0 unspecified atom stereocenters. The first kappa shape index (κ1) is 31.1. The van der Waals surface area contributed by atoms with E-state index >= 15 is 0 Å². The lowest BCUT2D eigenvalue weighted by molar-refractivity contribution is -0.128. The molecule has 42 heavy (non-hydrogen) atoms. The average Bonchev–Trinajstić information content (AvgIpc) is 2.95. The van der Waals surface area contributed by atoms with Crippen LogP contribution in [0.3, 0.4) is 0 Å². The number of anilines is 1. The molecule has 0 fully saturated rings. The molecule has 0 aliphatic carbocycles. The topological polar surface area (TPSA) is 220 Å². The van der Waals surface area contributed by atoms with Gasteiger partial charge < -0.3 is 41.9 Å². The number of hydrogen-bond donors (Lipinski definition) is 6. The highest BCUT2D eigenvalue weighted by Gasteiger charge is 2.21. The Balaban J connectivity index is 1.52. The number of rotatable bonds is 13. The molecule has 0 saturated carbocycles. The van der Waals surface area contributed by atoms with Gasteiger partial charge in [0.25, 0.3) is 0 Å². The molecule has 0 bridgehead atoms. The fourth-order valence-electron chi connectivity index (χ4n) is 3.82. The Morgan fingerprint density at radius 2 is 1.71 bits per heavy atom. The van der Waals surface area contributed by atoms with Crippen LogP contribution in [0.4, 0.5) is 10.5 Å². The van der Waals surface area contributed by atoms with Crippen LogP contribution in [0.15, 0.2) is 68.8 Å². The number of nitrogens with two attached hydrogens (primary N) is 2. The van der Waals surface area contributed by atoms with E-state index in [2.05, 4.69) is 26.3 Å². The van der Waals surface area contributed by atoms with Gasteiger partial charge in [0.2, 0.25) is 17.7 Å². The van der Waals surface area contributed by atoms with Crippen molar-refractivity contribution in [2.75, 3.05) is 25.0 Å². The summed E-state index contributed by atoms with van der Waals surface area (Å²) in [5.74, 6) is -1.93. The summed E-state index contributed by atoms with van der Waals surface area (Å²) in [5.41, 5.74) is 12.3. The van der Waals surface area contributed by atoms with E-state index in [-0.39, 0.29) is 25.5 Å². The van der Waals surface area contributed by atoms with E-state index in [1.165, 1.54) is 12.1 Å². The number of nitrogens with zero attached hydrogens (tertiary/aromatic N) is 1. The molecule has 3 rings (SSSR count). The van der Waals surface area contributed by atoms with Crippen LogP contribution in [0.5, 0.6) is 0 Å². The van der Waals surface area contributed by atoms with Crippen molar-refractivity contribution < 1.29 is 28.3 Å². The molecule has 1 aromatic heterocycles. The number of ether oxygens (including phenoxy) is 1. The van der Waals surface area contributed by atoms with Crippen LogP contribution in [0.2, 0.25) is 0 Å². The van der Waals surface area contributed by atoms with Crippen molar-refractivity contribution in [1.82, 2.24) is 16.0 Å². The molecule has 1 heterocycles. The third-order valence-corrected chi connectivity index (χ3v) is 5.87. The Labute approximate surface area is 240 Å². The van der Waals surface area contributed by atoms with Gasteiger partial charge in [0.15, 0.2) is 5.96 Å². The molecule has 14 nitrogen and oxygen atoms in total. The first-order valence-electron chi connectivity index (χ1n) is 13.0. The number of carbonyl (C=O) groups excluding carboxylic acids is 4. The highest BCUT2D eigenvalue weighted by molar-refractivity contribution is 5.99. The van der Waals surface area contributed by atoms with Gasteiger partial charge in [-0.05, 0) is 43.0 Å². The van der Waals surface area contributed by atoms with Crippen LogP contribution in [0, 0.1) is 6.92 Å². The summed E-state index contributed by atoms with van der Waals surface area (Å²) < 4.78 is 10.3. The lowest BCUT2D eigenvalue weighted by atomic mass is 10.1. The van der Waals surface area contributed by atoms with Crippen molar-refractivity contribution in [3.63, 3.8) is 0 Å². The molecule has 2 aromatic carbocycles. The van der Waals surface area contributed by atoms with Gasteiger partial charge in [-0.25, -0.2) is 9.59 Å². The quantitative estimate of drug-likeness (QED) is 0.0722. The van der Waals surface area contributed by atoms with E-state index in [0.717, 1.165) is 11.1 Å². The van der Waals surface area contributed by atoms with Gasteiger partial charge in [0.1, 0.15) is 24.8 Å². The van der Waals surface area contributed by atoms with Crippen molar-refractivity contribution in [2.24, 2.45) is 16.5 Å². The minimum Gasteiger partial charge on any atom is -0.445 e. The number of alkyl carbamates (subject to hydrolysis) is 1. The van der Waals surface area contributed by atoms with Crippen LogP contribution in [-0.2, 0) is 25.7 Å². The van der Waals surface area contributed by atoms with Gasteiger partial charge in [-0.3, -0.25) is 19.4 Å². The van der Waals surface area contributed by atoms with E-state index in [9.17, 15) is 24.0 Å². The lowest BCUT2D eigenvalue weighted by Crippen LogP contribution is -2.48. The summed E-state index contributed by atoms with van der Waals surface area (Å²) >= 11 is 0. The molecular weight excluding hydrogens is 546 g/mol. The summed E-state index contributed by atoms with van der Waals surface area (Å²) in [5, 5.41) is 10.7. The number of aryl methyl sites for hydroxylation is 1. The fraction of sp³-hybridized carbons (Fsp3) is 0.286. The Morgan fingerprint density at radius 1 is 0.976 bits per heavy atom. The summed E-state index contributed by atoms with van der Waals surface area (Å²) in [7, 11) is 0. The zero-order chi connectivity index (χ0) is 30.5. The standard InChI is InChI=1S/C28H33N7O7/c1-17-12-25(38)42-22-13-19(9-10-20(17)22)34-26(39)21(8-5-11-31-27(29)30)35-24(37)15-32-23(36)14-33-28(40)41-16-18-6-3-2-4-7-18/h2-4,6-7,9-10,12-13,21H,5,8,11,14-16H2,1H3,(H,32,36)(H,33,40)(H,34,39)(H,35,37)(H4,29,30,31)/t21-/m1/s1. The van der Waals surface area contributed by atoms with Crippen molar-refractivity contribution in [3.05, 3.63) is 76.1 Å². The Bertz CT molecular complexity index is 1500. The number of carbonyl (C=O) groups is 4. The number of hydrogen-bond acceptors (Lipinski definition) is 8. The molecule has 0 aliphatic heterocycles. The van der Waals surface area contributed by atoms with E-state index < -0.39 is 48.6 Å². The smallest absolute Gasteiger partial charge is 0.407 e. The van der Waals surface area contributed by atoms with E-state index in [1.54, 1.807) is 43.3 Å². The van der Waals surface area contributed by atoms with Crippen molar-refractivity contribution in [1.29, 1.82) is 0 Å². The SMILES string of the molecule is Cc1cc(=O)oc2cc(NC(=O)[C@@H](CCCN=C(N)N)NC(=O)CNC(=O)CNC(=O)OCc3ccccc3)ccc12. The third kappa shape index (κ3) is 10.3. The first-order chi connectivity index (χ1) is 20.1. The number of guanidine groups is 1. The third-order valence-electron chi connectivity index (χ3n) is 5.87. The first-order valence-corrected chi connectivity index (χ1v) is 13.0. The highest BCUT2D eigenvalue weighted by atomic mass is 16.5. The molecule has 222 valence electrons. The van der Waals surface area contributed by atoms with E-state index in [0.29, 0.717) is 23.1 Å².